The van der Waals surface area contributed by atoms with Crippen LogP contribution < -0.4 is 0 Å². The molecule has 0 radical (unpaired) electrons. The predicted octanol–water partition coefficient (Wildman–Crippen LogP) is 4.98. The maximum absolute atomic E-state index is 13.4. The van der Waals surface area contributed by atoms with Gasteiger partial charge in [0, 0.05) is 21.2 Å². The minimum atomic E-state index is -1.04. The molecule has 0 spiro atoms. The molecule has 0 bridgehead atoms. The van der Waals surface area contributed by atoms with Crippen molar-refractivity contribution in [3.63, 3.8) is 0 Å². The summed E-state index contributed by atoms with van der Waals surface area (Å²) in [4.78, 5) is 0. The van der Waals surface area contributed by atoms with E-state index in [1.54, 1.807) is 24.3 Å². The van der Waals surface area contributed by atoms with Crippen LogP contribution in [0, 0.1) is 5.82 Å². The summed E-state index contributed by atoms with van der Waals surface area (Å²) in [5.74, 6) is -0.440. The summed E-state index contributed by atoms with van der Waals surface area (Å²) in [5, 5.41) is 11.1. The predicted molar refractivity (Wildman–Crippen MR) is 74.6 cm³/mol. The first-order valence-corrected chi connectivity index (χ1v) is 6.62. The smallest absolute Gasteiger partial charge is 0.137 e. The van der Waals surface area contributed by atoms with Crippen molar-refractivity contribution < 1.29 is 9.50 Å². The Balaban J connectivity index is 2.51. The molecule has 2 rings (SSSR count). The maximum atomic E-state index is 13.4. The van der Waals surface area contributed by atoms with Gasteiger partial charge in [0.2, 0.25) is 0 Å². The van der Waals surface area contributed by atoms with Gasteiger partial charge in [0.1, 0.15) is 11.9 Å². The number of rotatable bonds is 2. The molecule has 0 aliphatic rings. The van der Waals surface area contributed by atoms with Crippen LogP contribution in [0.2, 0.25) is 10.0 Å². The monoisotopic (exact) mass is 348 g/mol. The highest BCUT2D eigenvalue weighted by Gasteiger charge is 2.18. The van der Waals surface area contributed by atoms with Gasteiger partial charge in [-0.05, 0) is 40.2 Å². The van der Waals surface area contributed by atoms with Crippen LogP contribution in [0.4, 0.5) is 4.39 Å². The topological polar surface area (TPSA) is 20.2 Å². The van der Waals surface area contributed by atoms with Crippen molar-refractivity contribution >= 4 is 39.1 Å². The minimum absolute atomic E-state index is 0.216. The number of hydrogen-bond acceptors (Lipinski definition) is 1. The van der Waals surface area contributed by atoms with Crippen LogP contribution in [0.1, 0.15) is 17.2 Å². The van der Waals surface area contributed by atoms with E-state index in [0.29, 0.717) is 21.2 Å². The Kier molecular flexibility index (Phi) is 4.28. The molecular formula is C13H8BrCl2FO. The van der Waals surface area contributed by atoms with Crippen LogP contribution in [-0.2, 0) is 0 Å². The minimum Gasteiger partial charge on any atom is -0.384 e. The van der Waals surface area contributed by atoms with E-state index in [2.05, 4.69) is 15.9 Å². The molecule has 0 aliphatic carbocycles. The standard InChI is InChI=1S/C13H8BrCl2FO/c14-12-8(2-1-3-11(12)17)13(18)9-6-7(15)4-5-10(9)16/h1-6,13,18H. The first-order valence-electron chi connectivity index (χ1n) is 5.07. The fraction of sp³-hybridized carbons (Fsp3) is 0.0769. The van der Waals surface area contributed by atoms with Crippen LogP contribution in [-0.4, -0.2) is 5.11 Å². The van der Waals surface area contributed by atoms with Crippen LogP contribution >= 0.6 is 39.1 Å². The van der Waals surface area contributed by atoms with Gasteiger partial charge in [-0.2, -0.15) is 0 Å². The van der Waals surface area contributed by atoms with Crippen molar-refractivity contribution in [2.45, 2.75) is 6.10 Å². The van der Waals surface area contributed by atoms with Gasteiger partial charge in [0.15, 0.2) is 0 Å². The van der Waals surface area contributed by atoms with E-state index in [-0.39, 0.29) is 4.47 Å². The van der Waals surface area contributed by atoms with Gasteiger partial charge in [-0.3, -0.25) is 0 Å². The average molecular weight is 350 g/mol. The van der Waals surface area contributed by atoms with E-state index in [9.17, 15) is 9.50 Å². The molecule has 94 valence electrons. The summed E-state index contributed by atoms with van der Waals surface area (Å²) >= 11 is 15.0. The molecule has 0 saturated heterocycles. The van der Waals surface area contributed by atoms with Gasteiger partial charge in [0.05, 0.1) is 4.47 Å². The van der Waals surface area contributed by atoms with Crippen LogP contribution in [0.15, 0.2) is 40.9 Å². The second-order valence-corrected chi connectivity index (χ2v) is 5.35. The van der Waals surface area contributed by atoms with E-state index < -0.39 is 11.9 Å². The third kappa shape index (κ3) is 2.69. The van der Waals surface area contributed by atoms with Crippen molar-refractivity contribution in [1.29, 1.82) is 0 Å². The van der Waals surface area contributed by atoms with Crippen molar-refractivity contribution in [2.24, 2.45) is 0 Å². The molecule has 1 atom stereocenters. The Morgan fingerprint density at radius 3 is 2.56 bits per heavy atom. The quantitative estimate of drug-likeness (QED) is 0.810. The molecule has 2 aromatic carbocycles. The normalized spacial score (nSPS) is 12.5. The van der Waals surface area contributed by atoms with E-state index in [4.69, 9.17) is 23.2 Å². The lowest BCUT2D eigenvalue weighted by atomic mass is 10.0. The van der Waals surface area contributed by atoms with E-state index >= 15 is 0 Å². The number of hydrogen-bond donors (Lipinski definition) is 1. The van der Waals surface area contributed by atoms with Crippen LogP contribution in [0.5, 0.6) is 0 Å². The van der Waals surface area contributed by atoms with Crippen LogP contribution in [0.25, 0.3) is 0 Å². The summed E-state index contributed by atoms with van der Waals surface area (Å²) in [6.07, 6.45) is -1.04. The lowest BCUT2D eigenvalue weighted by Gasteiger charge is -2.15. The Labute approximate surface area is 122 Å². The molecule has 18 heavy (non-hydrogen) atoms. The third-order valence-electron chi connectivity index (χ3n) is 2.53. The molecule has 0 heterocycles. The van der Waals surface area contributed by atoms with Crippen molar-refractivity contribution in [1.82, 2.24) is 0 Å². The summed E-state index contributed by atoms with van der Waals surface area (Å²) < 4.78 is 13.6. The van der Waals surface area contributed by atoms with Gasteiger partial charge in [-0.1, -0.05) is 35.3 Å². The number of benzene rings is 2. The molecule has 0 aliphatic heterocycles. The van der Waals surface area contributed by atoms with E-state index in [1.165, 1.54) is 12.1 Å². The second kappa shape index (κ2) is 5.57. The van der Waals surface area contributed by atoms with Crippen molar-refractivity contribution in [3.05, 3.63) is 67.9 Å². The Bertz CT molecular complexity index is 587. The second-order valence-electron chi connectivity index (χ2n) is 3.71. The van der Waals surface area contributed by atoms with E-state index in [0.717, 1.165) is 0 Å². The molecule has 0 amide bonds. The fourth-order valence-electron chi connectivity index (χ4n) is 1.62. The third-order valence-corrected chi connectivity index (χ3v) is 3.94. The Morgan fingerprint density at radius 1 is 1.11 bits per heavy atom. The van der Waals surface area contributed by atoms with Crippen molar-refractivity contribution in [3.8, 4) is 0 Å². The lowest BCUT2D eigenvalue weighted by molar-refractivity contribution is 0.219. The summed E-state index contributed by atoms with van der Waals surface area (Å²) in [7, 11) is 0. The van der Waals surface area contributed by atoms with Gasteiger partial charge in [-0.15, -0.1) is 0 Å². The average Bonchev–Trinajstić information content (AvgIpc) is 2.35. The van der Waals surface area contributed by atoms with Gasteiger partial charge in [-0.25, -0.2) is 4.39 Å². The highest BCUT2D eigenvalue weighted by Crippen LogP contribution is 2.34. The van der Waals surface area contributed by atoms with Gasteiger partial charge < -0.3 is 5.11 Å². The Morgan fingerprint density at radius 2 is 1.83 bits per heavy atom. The number of aliphatic hydroxyl groups excluding tert-OH is 1. The first kappa shape index (κ1) is 13.8. The van der Waals surface area contributed by atoms with Gasteiger partial charge in [0.25, 0.3) is 0 Å². The molecule has 1 nitrogen and oxygen atoms in total. The molecule has 5 heteroatoms. The summed E-state index contributed by atoms with van der Waals surface area (Å²) in [6, 6.07) is 9.23. The molecule has 1 unspecified atom stereocenters. The number of halogens is 4. The summed E-state index contributed by atoms with van der Waals surface area (Å²) in [6.45, 7) is 0. The summed E-state index contributed by atoms with van der Waals surface area (Å²) in [5.41, 5.74) is 0.842. The zero-order valence-corrected chi connectivity index (χ0v) is 12.1. The maximum Gasteiger partial charge on any atom is 0.137 e. The van der Waals surface area contributed by atoms with E-state index in [1.807, 2.05) is 0 Å². The van der Waals surface area contributed by atoms with Crippen LogP contribution in [0.3, 0.4) is 0 Å². The zero-order valence-electron chi connectivity index (χ0n) is 9.00. The molecule has 0 aromatic heterocycles. The highest BCUT2D eigenvalue weighted by molar-refractivity contribution is 9.10. The Hall–Kier alpha value is -0.610. The largest absolute Gasteiger partial charge is 0.384 e. The molecule has 1 N–H and O–H groups in total. The van der Waals surface area contributed by atoms with Crippen molar-refractivity contribution in [2.75, 3.05) is 0 Å². The molecule has 2 aromatic rings. The first-order chi connectivity index (χ1) is 8.50. The molecule has 0 fully saturated rings. The fourth-order valence-corrected chi connectivity index (χ4v) is 2.51. The number of aliphatic hydroxyl groups is 1. The lowest BCUT2D eigenvalue weighted by Crippen LogP contribution is -2.02. The molecular weight excluding hydrogens is 342 g/mol. The molecule has 0 saturated carbocycles. The van der Waals surface area contributed by atoms with Gasteiger partial charge >= 0.3 is 0 Å². The highest BCUT2D eigenvalue weighted by atomic mass is 79.9. The zero-order chi connectivity index (χ0) is 13.3. The SMILES string of the molecule is OC(c1cc(Cl)ccc1Cl)c1cccc(F)c1Br.